The van der Waals surface area contributed by atoms with Crippen LogP contribution in [0, 0.1) is 11.3 Å². The molecule has 20 heavy (non-hydrogen) atoms. The fourth-order valence-electron chi connectivity index (χ4n) is 1.72. The zero-order valence-corrected chi connectivity index (χ0v) is 12.1. The Hall–Kier alpha value is -1.46. The van der Waals surface area contributed by atoms with Gasteiger partial charge in [0.2, 0.25) is 10.0 Å². The van der Waals surface area contributed by atoms with E-state index in [4.69, 9.17) is 15.1 Å². The number of nitriles is 1. The van der Waals surface area contributed by atoms with Gasteiger partial charge in [-0.05, 0) is 24.1 Å². The van der Waals surface area contributed by atoms with Crippen LogP contribution in [0.4, 0.5) is 0 Å². The first-order valence-corrected chi connectivity index (χ1v) is 7.75. The highest BCUT2D eigenvalue weighted by molar-refractivity contribution is 7.88. The van der Waals surface area contributed by atoms with Crippen LogP contribution in [0.1, 0.15) is 17.5 Å². The summed E-state index contributed by atoms with van der Waals surface area (Å²) in [6.07, 6.45) is 0.292. The molecule has 0 aliphatic carbocycles. The Kier molecular flexibility index (Phi) is 6.61. The minimum atomic E-state index is -3.52. The van der Waals surface area contributed by atoms with E-state index in [2.05, 4.69) is 4.72 Å². The molecule has 0 aliphatic rings. The smallest absolute Gasteiger partial charge is 0.216 e. The van der Waals surface area contributed by atoms with Crippen LogP contribution < -0.4 is 4.72 Å². The summed E-state index contributed by atoms with van der Waals surface area (Å²) in [5.41, 5.74) is 1.08. The molecule has 0 fully saturated rings. The number of hydrogen-bond acceptors (Lipinski definition) is 5. The number of nitrogens with one attached hydrogen (secondary N) is 1. The highest BCUT2D eigenvalue weighted by Gasteiger charge is 2.18. The van der Waals surface area contributed by atoms with Gasteiger partial charge in [-0.15, -0.1) is 0 Å². The molecule has 0 saturated carbocycles. The lowest BCUT2D eigenvalue weighted by molar-refractivity contribution is 0.158. The third kappa shape index (κ3) is 5.67. The van der Waals surface area contributed by atoms with E-state index >= 15 is 0 Å². The van der Waals surface area contributed by atoms with Gasteiger partial charge in [0.15, 0.2) is 0 Å². The second-order valence-electron chi connectivity index (χ2n) is 4.35. The first-order valence-electron chi connectivity index (χ1n) is 6.09. The maximum atomic E-state index is 12.0. The third-order valence-corrected chi connectivity index (χ3v) is 4.04. The highest BCUT2D eigenvalue weighted by Crippen LogP contribution is 2.08. The summed E-state index contributed by atoms with van der Waals surface area (Å²) in [7, 11) is -2.05. The molecule has 1 aromatic rings. The minimum Gasteiger partial charge on any atom is -0.396 e. The van der Waals surface area contributed by atoms with E-state index in [1.807, 2.05) is 6.07 Å². The maximum Gasteiger partial charge on any atom is 0.216 e. The van der Waals surface area contributed by atoms with Crippen molar-refractivity contribution in [3.63, 3.8) is 0 Å². The van der Waals surface area contributed by atoms with Crippen LogP contribution in [0.5, 0.6) is 0 Å². The topological polar surface area (TPSA) is 99.4 Å². The van der Waals surface area contributed by atoms with Gasteiger partial charge in [0.05, 0.1) is 24.0 Å². The summed E-state index contributed by atoms with van der Waals surface area (Å²) in [6, 6.07) is 7.88. The fraction of sp³-hybridized carbons (Fsp3) is 0.462. The van der Waals surface area contributed by atoms with Gasteiger partial charge in [0, 0.05) is 19.8 Å². The normalized spacial score (nSPS) is 12.8. The van der Waals surface area contributed by atoms with Gasteiger partial charge in [-0.2, -0.15) is 5.26 Å². The second kappa shape index (κ2) is 7.97. The van der Waals surface area contributed by atoms with Crippen LogP contribution in [0.3, 0.4) is 0 Å². The van der Waals surface area contributed by atoms with Gasteiger partial charge in [-0.1, -0.05) is 12.1 Å². The van der Waals surface area contributed by atoms with Crippen molar-refractivity contribution in [1.29, 1.82) is 5.26 Å². The molecule has 0 amide bonds. The number of methoxy groups -OCH3 is 1. The van der Waals surface area contributed by atoms with Crippen molar-refractivity contribution in [2.24, 2.45) is 0 Å². The van der Waals surface area contributed by atoms with Crippen molar-refractivity contribution in [2.75, 3.05) is 20.3 Å². The van der Waals surface area contributed by atoms with Crippen molar-refractivity contribution < 1.29 is 18.3 Å². The van der Waals surface area contributed by atoms with Crippen molar-refractivity contribution >= 4 is 10.0 Å². The van der Waals surface area contributed by atoms with Crippen molar-refractivity contribution in [3.8, 4) is 6.07 Å². The monoisotopic (exact) mass is 298 g/mol. The molecular formula is C13H18N2O4S. The molecule has 7 heteroatoms. The predicted octanol–water partition coefficient (Wildman–Crippen LogP) is 0.375. The molecule has 2 N–H and O–H groups in total. The van der Waals surface area contributed by atoms with Crippen LogP contribution in [-0.2, 0) is 20.5 Å². The molecule has 1 rings (SSSR count). The third-order valence-electron chi connectivity index (χ3n) is 2.63. The van der Waals surface area contributed by atoms with E-state index in [9.17, 15) is 8.42 Å². The van der Waals surface area contributed by atoms with E-state index in [1.165, 1.54) is 7.11 Å². The first-order chi connectivity index (χ1) is 9.50. The number of benzene rings is 1. The minimum absolute atomic E-state index is 0.118. The zero-order valence-electron chi connectivity index (χ0n) is 11.2. The molecule has 6 nitrogen and oxygen atoms in total. The molecule has 0 saturated heterocycles. The van der Waals surface area contributed by atoms with Crippen LogP contribution >= 0.6 is 0 Å². The molecular weight excluding hydrogens is 280 g/mol. The predicted molar refractivity (Wildman–Crippen MR) is 74.3 cm³/mol. The fourth-order valence-corrected chi connectivity index (χ4v) is 3.13. The summed E-state index contributed by atoms with van der Waals surface area (Å²) < 4.78 is 31.4. The molecule has 1 aromatic carbocycles. The summed E-state index contributed by atoms with van der Waals surface area (Å²) in [4.78, 5) is 0. The molecule has 110 valence electrons. The lowest BCUT2D eigenvalue weighted by Gasteiger charge is -2.16. The summed E-state index contributed by atoms with van der Waals surface area (Å²) in [5.74, 6) is -0.176. The molecule has 0 bridgehead atoms. The average Bonchev–Trinajstić information content (AvgIpc) is 2.39. The van der Waals surface area contributed by atoms with Crippen molar-refractivity contribution in [3.05, 3.63) is 35.4 Å². The molecule has 0 aliphatic heterocycles. The number of nitrogens with zero attached hydrogens (tertiary/aromatic N) is 1. The number of ether oxygens (including phenoxy) is 1. The molecule has 1 atom stereocenters. The van der Waals surface area contributed by atoms with Crippen LogP contribution in [-0.4, -0.2) is 39.9 Å². The Morgan fingerprint density at radius 2 is 2.05 bits per heavy atom. The number of sulfonamides is 1. The van der Waals surface area contributed by atoms with Gasteiger partial charge in [-0.3, -0.25) is 0 Å². The largest absolute Gasteiger partial charge is 0.396 e. The van der Waals surface area contributed by atoms with Crippen LogP contribution in [0.2, 0.25) is 0 Å². The Bertz CT molecular complexity index is 543. The Morgan fingerprint density at radius 1 is 1.40 bits per heavy atom. The standard InChI is InChI=1S/C13H18N2O4S/c1-19-9-13(6-7-16)15-20(17,18)10-12-4-2-11(8-14)3-5-12/h2-5,13,15-16H,6-7,9-10H2,1H3. The van der Waals surface area contributed by atoms with E-state index in [0.29, 0.717) is 17.5 Å². The lowest BCUT2D eigenvalue weighted by atomic mass is 10.2. The molecule has 0 aromatic heterocycles. The van der Waals surface area contributed by atoms with Crippen LogP contribution in [0.15, 0.2) is 24.3 Å². The average molecular weight is 298 g/mol. The van der Waals surface area contributed by atoms with E-state index in [1.54, 1.807) is 24.3 Å². The number of hydrogen-bond donors (Lipinski definition) is 2. The highest BCUT2D eigenvalue weighted by atomic mass is 32.2. The molecule has 1 unspecified atom stereocenters. The van der Waals surface area contributed by atoms with Gasteiger partial charge < -0.3 is 9.84 Å². The Labute approximate surface area is 119 Å². The quantitative estimate of drug-likeness (QED) is 0.722. The second-order valence-corrected chi connectivity index (χ2v) is 6.10. The number of aliphatic hydroxyl groups is 1. The molecule has 0 radical (unpaired) electrons. The van der Waals surface area contributed by atoms with Gasteiger partial charge >= 0.3 is 0 Å². The van der Waals surface area contributed by atoms with Gasteiger partial charge in [0.1, 0.15) is 0 Å². The van der Waals surface area contributed by atoms with E-state index < -0.39 is 16.1 Å². The van der Waals surface area contributed by atoms with E-state index in [-0.39, 0.29) is 19.0 Å². The maximum absolute atomic E-state index is 12.0. The SMILES string of the molecule is COCC(CCO)NS(=O)(=O)Cc1ccc(C#N)cc1. The molecule has 0 spiro atoms. The number of rotatable bonds is 8. The van der Waals surface area contributed by atoms with Gasteiger partial charge in [0.25, 0.3) is 0 Å². The lowest BCUT2D eigenvalue weighted by Crippen LogP contribution is -2.39. The summed E-state index contributed by atoms with van der Waals surface area (Å²) >= 11 is 0. The summed E-state index contributed by atoms with van der Waals surface area (Å²) in [6.45, 7) is 0.0839. The Balaban J connectivity index is 2.70. The molecule has 0 heterocycles. The van der Waals surface area contributed by atoms with Gasteiger partial charge in [-0.25, -0.2) is 13.1 Å². The van der Waals surface area contributed by atoms with Crippen LogP contribution in [0.25, 0.3) is 0 Å². The first kappa shape index (κ1) is 16.6. The zero-order chi connectivity index (χ0) is 15.0. The number of aliphatic hydroxyl groups excluding tert-OH is 1. The van der Waals surface area contributed by atoms with E-state index in [0.717, 1.165) is 0 Å². The summed E-state index contributed by atoms with van der Waals surface area (Å²) in [5, 5.41) is 17.6. The van der Waals surface area contributed by atoms with Crippen molar-refractivity contribution in [1.82, 2.24) is 4.72 Å². The Morgan fingerprint density at radius 3 is 2.55 bits per heavy atom. The van der Waals surface area contributed by atoms with Crippen molar-refractivity contribution in [2.45, 2.75) is 18.2 Å².